The van der Waals surface area contributed by atoms with Crippen molar-refractivity contribution in [3.8, 4) is 0 Å². The Morgan fingerprint density at radius 2 is 2.16 bits per heavy atom. The van der Waals surface area contributed by atoms with Gasteiger partial charge in [0.25, 0.3) is 5.91 Å². The van der Waals surface area contributed by atoms with E-state index in [2.05, 4.69) is 15.5 Å². The minimum atomic E-state index is -0.569. The van der Waals surface area contributed by atoms with Gasteiger partial charge in [0, 0.05) is 24.1 Å². The molecular formula is C17H21N3O4S. The maximum absolute atomic E-state index is 12.3. The number of thioether (sulfide) groups is 1. The molecule has 0 atom stereocenters. The van der Waals surface area contributed by atoms with Crippen LogP contribution in [0.2, 0.25) is 0 Å². The molecule has 0 spiro atoms. The minimum Gasteiger partial charge on any atom is -0.452 e. The lowest BCUT2D eigenvalue weighted by atomic mass is 10.2. The van der Waals surface area contributed by atoms with Gasteiger partial charge in [0.2, 0.25) is 0 Å². The first-order chi connectivity index (χ1) is 12.0. The van der Waals surface area contributed by atoms with Crippen molar-refractivity contribution in [3.05, 3.63) is 40.9 Å². The van der Waals surface area contributed by atoms with E-state index in [0.29, 0.717) is 22.9 Å². The highest BCUT2D eigenvalue weighted by Crippen LogP contribution is 2.27. The van der Waals surface area contributed by atoms with Crippen molar-refractivity contribution in [2.75, 3.05) is 13.2 Å². The van der Waals surface area contributed by atoms with E-state index in [-0.39, 0.29) is 12.5 Å². The number of rotatable bonds is 8. The van der Waals surface area contributed by atoms with Gasteiger partial charge >= 0.3 is 5.97 Å². The number of carbonyl (C=O) groups is 2. The van der Waals surface area contributed by atoms with Crippen LogP contribution in [-0.2, 0) is 15.3 Å². The molecule has 0 aromatic carbocycles. The van der Waals surface area contributed by atoms with Crippen LogP contribution in [0.15, 0.2) is 27.9 Å². The highest BCUT2D eigenvalue weighted by Gasteiger charge is 2.17. The van der Waals surface area contributed by atoms with Crippen molar-refractivity contribution in [1.82, 2.24) is 15.5 Å². The van der Waals surface area contributed by atoms with Crippen LogP contribution < -0.4 is 5.32 Å². The second-order valence-corrected chi connectivity index (χ2v) is 6.34. The Labute approximate surface area is 150 Å². The molecule has 0 aliphatic rings. The zero-order valence-corrected chi connectivity index (χ0v) is 15.3. The molecule has 2 heterocycles. The van der Waals surface area contributed by atoms with E-state index < -0.39 is 5.97 Å². The number of amides is 1. The summed E-state index contributed by atoms with van der Waals surface area (Å²) in [4.78, 5) is 28.1. The summed E-state index contributed by atoms with van der Waals surface area (Å²) in [5, 5.41) is 7.11. The molecule has 1 amide bonds. The Balaban J connectivity index is 1.99. The lowest BCUT2D eigenvalue weighted by Crippen LogP contribution is -2.29. The number of pyridine rings is 1. The molecule has 0 aliphatic heterocycles. The molecule has 0 bridgehead atoms. The number of aromatic nitrogens is 2. The summed E-state index contributed by atoms with van der Waals surface area (Å²) in [7, 11) is 0. The molecule has 1 N–H and O–H groups in total. The van der Waals surface area contributed by atoms with Gasteiger partial charge in [0.05, 0.1) is 11.3 Å². The average Bonchev–Trinajstić information content (AvgIpc) is 2.94. The second kappa shape index (κ2) is 9.22. The first kappa shape index (κ1) is 19.0. The Hall–Kier alpha value is -2.35. The zero-order chi connectivity index (χ0) is 18.2. The van der Waals surface area contributed by atoms with E-state index in [1.54, 1.807) is 18.3 Å². The topological polar surface area (TPSA) is 94.3 Å². The Morgan fingerprint density at radius 1 is 1.36 bits per heavy atom. The van der Waals surface area contributed by atoms with Gasteiger partial charge in [-0.05, 0) is 32.4 Å². The van der Waals surface area contributed by atoms with Crippen LogP contribution in [0.25, 0.3) is 0 Å². The third-order valence-electron chi connectivity index (χ3n) is 3.43. The molecule has 0 radical (unpaired) electrons. The van der Waals surface area contributed by atoms with Crippen molar-refractivity contribution in [3.63, 3.8) is 0 Å². The number of hydrogen-bond acceptors (Lipinski definition) is 7. The van der Waals surface area contributed by atoms with E-state index in [9.17, 15) is 9.59 Å². The summed E-state index contributed by atoms with van der Waals surface area (Å²) in [6.45, 7) is 5.92. The van der Waals surface area contributed by atoms with Gasteiger partial charge in [-0.15, -0.1) is 11.8 Å². The second-order valence-electron chi connectivity index (χ2n) is 5.37. The standard InChI is InChI=1S/C17H21N3O4S/c1-4-7-18-15(21)9-23-17(22)13-6-5-8-19-16(13)25-10-14-11(2)20-24-12(14)3/h5-6,8H,4,7,9-10H2,1-3H3,(H,18,21). The summed E-state index contributed by atoms with van der Waals surface area (Å²) in [6, 6.07) is 3.29. The summed E-state index contributed by atoms with van der Waals surface area (Å²) in [5.41, 5.74) is 2.13. The maximum Gasteiger partial charge on any atom is 0.341 e. The average molecular weight is 363 g/mol. The van der Waals surface area contributed by atoms with Crippen LogP contribution in [0.3, 0.4) is 0 Å². The van der Waals surface area contributed by atoms with E-state index >= 15 is 0 Å². The molecule has 2 aromatic heterocycles. The Morgan fingerprint density at radius 3 is 2.84 bits per heavy atom. The van der Waals surface area contributed by atoms with Crippen molar-refractivity contribution in [1.29, 1.82) is 0 Å². The van der Waals surface area contributed by atoms with Crippen LogP contribution >= 0.6 is 11.8 Å². The zero-order valence-electron chi connectivity index (χ0n) is 14.5. The molecule has 0 saturated carbocycles. The third-order valence-corrected chi connectivity index (χ3v) is 4.46. The number of esters is 1. The van der Waals surface area contributed by atoms with Gasteiger partial charge in [-0.3, -0.25) is 4.79 Å². The molecule has 0 saturated heterocycles. The molecule has 0 aliphatic carbocycles. The van der Waals surface area contributed by atoms with Crippen molar-refractivity contribution in [2.45, 2.75) is 38.0 Å². The van der Waals surface area contributed by atoms with Crippen LogP contribution in [0.1, 0.15) is 40.7 Å². The number of nitrogens with one attached hydrogen (secondary N) is 1. The fourth-order valence-electron chi connectivity index (χ4n) is 2.03. The van der Waals surface area contributed by atoms with Gasteiger partial charge in [0.1, 0.15) is 10.8 Å². The fourth-order valence-corrected chi connectivity index (χ4v) is 3.17. The smallest absolute Gasteiger partial charge is 0.341 e. The van der Waals surface area contributed by atoms with E-state index in [1.165, 1.54) is 11.8 Å². The lowest BCUT2D eigenvalue weighted by molar-refractivity contribution is -0.124. The summed E-state index contributed by atoms with van der Waals surface area (Å²) >= 11 is 1.40. The van der Waals surface area contributed by atoms with Crippen LogP contribution in [0, 0.1) is 13.8 Å². The molecule has 2 rings (SSSR count). The van der Waals surface area contributed by atoms with Gasteiger partial charge in [-0.1, -0.05) is 12.1 Å². The largest absolute Gasteiger partial charge is 0.452 e. The number of carbonyl (C=O) groups excluding carboxylic acids is 2. The van der Waals surface area contributed by atoms with E-state index in [0.717, 1.165) is 23.4 Å². The molecule has 0 unspecified atom stereocenters. The monoisotopic (exact) mass is 363 g/mol. The number of ether oxygens (including phenoxy) is 1. The summed E-state index contributed by atoms with van der Waals surface area (Å²) in [6.07, 6.45) is 2.44. The van der Waals surface area contributed by atoms with Crippen molar-refractivity contribution in [2.24, 2.45) is 0 Å². The quantitative estimate of drug-likeness (QED) is 0.569. The number of aryl methyl sites for hydroxylation is 2. The van der Waals surface area contributed by atoms with E-state index in [4.69, 9.17) is 9.26 Å². The molecule has 2 aromatic rings. The molecule has 7 nitrogen and oxygen atoms in total. The maximum atomic E-state index is 12.3. The lowest BCUT2D eigenvalue weighted by Gasteiger charge is -2.08. The molecule has 25 heavy (non-hydrogen) atoms. The SMILES string of the molecule is CCCNC(=O)COC(=O)c1cccnc1SCc1c(C)noc1C. The van der Waals surface area contributed by atoms with Gasteiger partial charge < -0.3 is 14.6 Å². The first-order valence-electron chi connectivity index (χ1n) is 7.96. The van der Waals surface area contributed by atoms with Crippen LogP contribution in [0.4, 0.5) is 0 Å². The first-order valence-corrected chi connectivity index (χ1v) is 8.94. The third kappa shape index (κ3) is 5.32. The van der Waals surface area contributed by atoms with Crippen molar-refractivity contribution < 1.29 is 18.8 Å². The molecule has 8 heteroatoms. The predicted molar refractivity (Wildman–Crippen MR) is 93.4 cm³/mol. The number of hydrogen-bond donors (Lipinski definition) is 1. The Bertz CT molecular complexity index is 726. The minimum absolute atomic E-state index is 0.304. The summed E-state index contributed by atoms with van der Waals surface area (Å²) < 4.78 is 10.2. The van der Waals surface area contributed by atoms with Gasteiger partial charge in [0.15, 0.2) is 6.61 Å². The number of nitrogens with zero attached hydrogens (tertiary/aromatic N) is 2. The molecule has 0 fully saturated rings. The van der Waals surface area contributed by atoms with Gasteiger partial charge in [-0.2, -0.15) is 0 Å². The normalized spacial score (nSPS) is 10.5. The van der Waals surface area contributed by atoms with Crippen LogP contribution in [-0.4, -0.2) is 35.2 Å². The van der Waals surface area contributed by atoms with Gasteiger partial charge in [-0.25, -0.2) is 9.78 Å². The summed E-state index contributed by atoms with van der Waals surface area (Å²) in [5.74, 6) is 0.442. The fraction of sp³-hybridized carbons (Fsp3) is 0.412. The molecular weight excluding hydrogens is 342 g/mol. The highest BCUT2D eigenvalue weighted by molar-refractivity contribution is 7.98. The van der Waals surface area contributed by atoms with E-state index in [1.807, 2.05) is 20.8 Å². The Kier molecular flexibility index (Phi) is 7.00. The predicted octanol–water partition coefficient (Wildman–Crippen LogP) is 2.66. The highest BCUT2D eigenvalue weighted by atomic mass is 32.2. The molecule has 134 valence electrons. The van der Waals surface area contributed by atoms with Crippen LogP contribution in [0.5, 0.6) is 0 Å². The van der Waals surface area contributed by atoms with Crippen molar-refractivity contribution >= 4 is 23.6 Å².